The molecule has 2 aliphatic heterocycles. The molecule has 7 nitrogen and oxygen atoms in total. The largest absolute Gasteiger partial charge is 0.462 e. The Kier molecular flexibility index (Phi) is 4.25. The second kappa shape index (κ2) is 6.05. The van der Waals surface area contributed by atoms with Gasteiger partial charge in [-0.2, -0.15) is 0 Å². The number of anilines is 1. The molecular formula is C16H23N3O4. The van der Waals surface area contributed by atoms with Gasteiger partial charge in [-0.25, -0.2) is 14.8 Å². The lowest BCUT2D eigenvalue weighted by atomic mass is 10.0. The lowest BCUT2D eigenvalue weighted by Gasteiger charge is -2.45. The van der Waals surface area contributed by atoms with Gasteiger partial charge in [-0.05, 0) is 27.7 Å². The molecule has 2 aliphatic rings. The quantitative estimate of drug-likeness (QED) is 0.778. The van der Waals surface area contributed by atoms with E-state index < -0.39 is 0 Å². The molecule has 7 heteroatoms. The fourth-order valence-electron chi connectivity index (χ4n) is 3.12. The summed E-state index contributed by atoms with van der Waals surface area (Å²) in [4.78, 5) is 22.9. The standard InChI is InChI=1S/C16H23N3O4/c1-5-22-14(20)11-6-17-15(18-10(11)2)19-9-16(3,4)23-13-8-21-7-12(13)19/h6,12-13H,5,7-9H2,1-4H3/t12-,13-/m1/s1. The third-order valence-electron chi connectivity index (χ3n) is 4.14. The van der Waals surface area contributed by atoms with Gasteiger partial charge in [0, 0.05) is 12.7 Å². The topological polar surface area (TPSA) is 73.8 Å². The minimum Gasteiger partial charge on any atom is -0.462 e. The van der Waals surface area contributed by atoms with E-state index in [1.54, 1.807) is 20.0 Å². The van der Waals surface area contributed by atoms with E-state index in [9.17, 15) is 4.79 Å². The first-order chi connectivity index (χ1) is 10.9. The van der Waals surface area contributed by atoms with Gasteiger partial charge in [-0.3, -0.25) is 0 Å². The van der Waals surface area contributed by atoms with Gasteiger partial charge in [0.2, 0.25) is 5.95 Å². The van der Waals surface area contributed by atoms with Crippen molar-refractivity contribution in [3.63, 3.8) is 0 Å². The van der Waals surface area contributed by atoms with Gasteiger partial charge in [0.05, 0.1) is 42.7 Å². The number of hydrogen-bond donors (Lipinski definition) is 0. The SMILES string of the molecule is CCOC(=O)c1cnc(N2CC(C)(C)O[C@@H]3COC[C@H]32)nc1C. The van der Waals surface area contributed by atoms with Crippen molar-refractivity contribution in [2.75, 3.05) is 31.3 Å². The number of hydrogen-bond acceptors (Lipinski definition) is 7. The van der Waals surface area contributed by atoms with Crippen molar-refractivity contribution in [3.8, 4) is 0 Å². The van der Waals surface area contributed by atoms with Gasteiger partial charge >= 0.3 is 5.97 Å². The highest BCUT2D eigenvalue weighted by molar-refractivity contribution is 5.90. The van der Waals surface area contributed by atoms with Crippen LogP contribution in [0.3, 0.4) is 0 Å². The molecule has 0 aromatic carbocycles. The van der Waals surface area contributed by atoms with Crippen LogP contribution in [0.5, 0.6) is 0 Å². The summed E-state index contributed by atoms with van der Waals surface area (Å²) in [5.74, 6) is 0.216. The van der Waals surface area contributed by atoms with Crippen LogP contribution in [0.15, 0.2) is 6.20 Å². The number of aryl methyl sites for hydroxylation is 1. The van der Waals surface area contributed by atoms with Crippen LogP contribution < -0.4 is 4.90 Å². The molecule has 2 fully saturated rings. The lowest BCUT2D eigenvalue weighted by Crippen LogP contribution is -2.59. The molecule has 1 aromatic heterocycles. The van der Waals surface area contributed by atoms with Gasteiger partial charge < -0.3 is 19.1 Å². The van der Waals surface area contributed by atoms with Crippen LogP contribution in [-0.2, 0) is 14.2 Å². The smallest absolute Gasteiger partial charge is 0.341 e. The monoisotopic (exact) mass is 321 g/mol. The third kappa shape index (κ3) is 3.16. The highest BCUT2D eigenvalue weighted by Crippen LogP contribution is 2.31. The third-order valence-corrected chi connectivity index (χ3v) is 4.14. The number of morpholine rings is 1. The van der Waals surface area contributed by atoms with E-state index in [1.165, 1.54) is 0 Å². The van der Waals surface area contributed by atoms with Crippen molar-refractivity contribution in [2.24, 2.45) is 0 Å². The van der Waals surface area contributed by atoms with Crippen LogP contribution in [0, 0.1) is 6.92 Å². The summed E-state index contributed by atoms with van der Waals surface area (Å²) in [6.07, 6.45) is 1.57. The van der Waals surface area contributed by atoms with Gasteiger partial charge in [0.15, 0.2) is 0 Å². The van der Waals surface area contributed by atoms with Crippen molar-refractivity contribution in [1.82, 2.24) is 9.97 Å². The van der Waals surface area contributed by atoms with Gasteiger partial charge in [0.25, 0.3) is 0 Å². The Labute approximate surface area is 136 Å². The number of aromatic nitrogens is 2. The first-order valence-electron chi connectivity index (χ1n) is 7.94. The van der Waals surface area contributed by atoms with E-state index in [1.807, 2.05) is 13.8 Å². The van der Waals surface area contributed by atoms with Crippen molar-refractivity contribution < 1.29 is 19.0 Å². The van der Waals surface area contributed by atoms with Crippen molar-refractivity contribution in [1.29, 1.82) is 0 Å². The average molecular weight is 321 g/mol. The van der Waals surface area contributed by atoms with Crippen LogP contribution in [0.1, 0.15) is 36.8 Å². The van der Waals surface area contributed by atoms with Gasteiger partial charge in [0.1, 0.15) is 6.10 Å². The molecule has 3 rings (SSSR count). The zero-order valence-electron chi connectivity index (χ0n) is 14.0. The van der Waals surface area contributed by atoms with Crippen molar-refractivity contribution in [2.45, 2.75) is 45.4 Å². The molecule has 0 unspecified atom stereocenters. The van der Waals surface area contributed by atoms with Crippen LogP contribution in [0.2, 0.25) is 0 Å². The van der Waals surface area contributed by atoms with Crippen LogP contribution >= 0.6 is 0 Å². The van der Waals surface area contributed by atoms with E-state index in [-0.39, 0.29) is 23.7 Å². The molecule has 3 heterocycles. The zero-order valence-corrected chi connectivity index (χ0v) is 14.0. The maximum Gasteiger partial charge on any atom is 0.341 e. The second-order valence-corrected chi connectivity index (χ2v) is 6.54. The molecule has 2 atom stereocenters. The molecule has 0 spiro atoms. The number of carbonyl (C=O) groups is 1. The minimum atomic E-state index is -0.388. The van der Waals surface area contributed by atoms with Crippen LogP contribution in [0.25, 0.3) is 0 Å². The molecular weight excluding hydrogens is 298 g/mol. The first kappa shape index (κ1) is 16.1. The summed E-state index contributed by atoms with van der Waals surface area (Å²) < 4.78 is 16.7. The molecule has 1 aromatic rings. The zero-order chi connectivity index (χ0) is 16.6. The van der Waals surface area contributed by atoms with Gasteiger partial charge in [-0.15, -0.1) is 0 Å². The number of carbonyl (C=O) groups excluding carboxylic acids is 1. The fraction of sp³-hybridized carbons (Fsp3) is 0.688. The Morgan fingerprint density at radius 1 is 1.48 bits per heavy atom. The Balaban J connectivity index is 1.88. The molecule has 126 valence electrons. The van der Waals surface area contributed by atoms with E-state index in [4.69, 9.17) is 14.2 Å². The number of ether oxygens (including phenoxy) is 3. The molecule has 0 radical (unpaired) electrons. The Morgan fingerprint density at radius 2 is 2.26 bits per heavy atom. The molecule has 0 aliphatic carbocycles. The molecule has 0 N–H and O–H groups in total. The summed E-state index contributed by atoms with van der Waals surface area (Å²) in [6, 6.07) is 0.107. The average Bonchev–Trinajstić information content (AvgIpc) is 2.93. The number of fused-ring (bicyclic) bond motifs is 1. The van der Waals surface area contributed by atoms with E-state index in [0.717, 1.165) is 0 Å². The summed E-state index contributed by atoms with van der Waals surface area (Å²) in [5, 5.41) is 0. The number of esters is 1. The minimum absolute atomic E-state index is 0.0207. The van der Waals surface area contributed by atoms with E-state index >= 15 is 0 Å². The highest BCUT2D eigenvalue weighted by Gasteiger charge is 2.45. The Bertz CT molecular complexity index is 605. The molecule has 0 amide bonds. The number of rotatable bonds is 3. The second-order valence-electron chi connectivity index (χ2n) is 6.54. The normalized spacial score (nSPS) is 26.0. The summed E-state index contributed by atoms with van der Waals surface area (Å²) in [6.45, 7) is 9.87. The fourth-order valence-corrected chi connectivity index (χ4v) is 3.12. The van der Waals surface area contributed by atoms with E-state index in [0.29, 0.717) is 43.6 Å². The maximum atomic E-state index is 11.9. The molecule has 0 bridgehead atoms. The number of nitrogens with zero attached hydrogens (tertiary/aromatic N) is 3. The van der Waals surface area contributed by atoms with Crippen molar-refractivity contribution >= 4 is 11.9 Å². The maximum absolute atomic E-state index is 11.9. The van der Waals surface area contributed by atoms with Crippen molar-refractivity contribution in [3.05, 3.63) is 17.5 Å². The lowest BCUT2D eigenvalue weighted by molar-refractivity contribution is -0.0927. The predicted octanol–water partition coefficient (Wildman–Crippen LogP) is 1.34. The molecule has 23 heavy (non-hydrogen) atoms. The molecule has 0 saturated carbocycles. The summed E-state index contributed by atoms with van der Waals surface area (Å²) in [5.41, 5.74) is 0.724. The first-order valence-corrected chi connectivity index (χ1v) is 7.94. The van der Waals surface area contributed by atoms with E-state index in [2.05, 4.69) is 14.9 Å². The predicted molar refractivity (Wildman–Crippen MR) is 83.6 cm³/mol. The Morgan fingerprint density at radius 3 is 2.96 bits per heavy atom. The van der Waals surface area contributed by atoms with Gasteiger partial charge in [-0.1, -0.05) is 0 Å². The highest BCUT2D eigenvalue weighted by atomic mass is 16.6. The Hall–Kier alpha value is -1.73. The summed E-state index contributed by atoms with van der Waals surface area (Å²) in [7, 11) is 0. The van der Waals surface area contributed by atoms with Crippen LogP contribution in [0.4, 0.5) is 5.95 Å². The summed E-state index contributed by atoms with van der Waals surface area (Å²) >= 11 is 0. The molecule has 2 saturated heterocycles. The van der Waals surface area contributed by atoms with Crippen LogP contribution in [-0.4, -0.2) is 60.0 Å².